The number of hydrogen-bond acceptors (Lipinski definition) is 3. The first kappa shape index (κ1) is 14.8. The van der Waals surface area contributed by atoms with Crippen molar-refractivity contribution in [3.8, 4) is 5.75 Å². The van der Waals surface area contributed by atoms with E-state index >= 15 is 0 Å². The van der Waals surface area contributed by atoms with Crippen LogP contribution in [0.15, 0.2) is 35.2 Å². The second kappa shape index (κ2) is 6.22. The van der Waals surface area contributed by atoms with Gasteiger partial charge in [-0.1, -0.05) is 15.9 Å². The SMILES string of the molecule is CC(=O)c1ccc(Br)cc1OCc1cncn1C(C)C. The Morgan fingerprint density at radius 3 is 2.85 bits per heavy atom. The maximum atomic E-state index is 11.6. The zero-order valence-electron chi connectivity index (χ0n) is 11.8. The molecule has 0 amide bonds. The highest BCUT2D eigenvalue weighted by Crippen LogP contribution is 2.25. The number of Topliss-reactive ketones (excluding diaryl/α,β-unsaturated/α-hetero) is 1. The molecule has 0 saturated heterocycles. The Bertz CT molecular complexity index is 620. The maximum Gasteiger partial charge on any atom is 0.163 e. The van der Waals surface area contributed by atoms with Crippen molar-refractivity contribution >= 4 is 21.7 Å². The summed E-state index contributed by atoms with van der Waals surface area (Å²) in [6.07, 6.45) is 3.57. The van der Waals surface area contributed by atoms with Crippen molar-refractivity contribution in [3.63, 3.8) is 0 Å². The standard InChI is InChI=1S/C15H17BrN2O2/c1-10(2)18-9-17-7-13(18)8-20-15-6-12(16)4-5-14(15)11(3)19/h4-7,9-10H,8H2,1-3H3. The van der Waals surface area contributed by atoms with Crippen molar-refractivity contribution in [1.82, 2.24) is 9.55 Å². The van der Waals surface area contributed by atoms with Gasteiger partial charge in [-0.15, -0.1) is 0 Å². The number of benzene rings is 1. The molecule has 0 aliphatic rings. The molecule has 0 N–H and O–H groups in total. The Labute approximate surface area is 126 Å². The minimum absolute atomic E-state index is 0.00938. The number of nitrogens with zero attached hydrogens (tertiary/aromatic N) is 2. The van der Waals surface area contributed by atoms with Crippen LogP contribution >= 0.6 is 15.9 Å². The minimum atomic E-state index is -0.00938. The number of carbonyl (C=O) groups is 1. The van der Waals surface area contributed by atoms with Gasteiger partial charge in [0.1, 0.15) is 12.4 Å². The van der Waals surface area contributed by atoms with E-state index in [0.29, 0.717) is 24.0 Å². The lowest BCUT2D eigenvalue weighted by Gasteiger charge is -2.14. The molecule has 4 nitrogen and oxygen atoms in total. The molecule has 1 aromatic heterocycles. The molecule has 0 radical (unpaired) electrons. The molecule has 0 aliphatic heterocycles. The summed E-state index contributed by atoms with van der Waals surface area (Å²) in [6, 6.07) is 5.74. The van der Waals surface area contributed by atoms with Gasteiger partial charge in [0, 0.05) is 10.5 Å². The first-order chi connectivity index (χ1) is 9.49. The van der Waals surface area contributed by atoms with E-state index in [1.165, 1.54) is 6.92 Å². The van der Waals surface area contributed by atoms with Crippen molar-refractivity contribution in [2.45, 2.75) is 33.4 Å². The van der Waals surface area contributed by atoms with Crippen LogP contribution in [0.3, 0.4) is 0 Å². The summed E-state index contributed by atoms with van der Waals surface area (Å²) >= 11 is 3.39. The molecular weight excluding hydrogens is 320 g/mol. The molecule has 106 valence electrons. The quantitative estimate of drug-likeness (QED) is 0.775. The predicted octanol–water partition coefficient (Wildman–Crippen LogP) is 4.01. The molecule has 2 rings (SSSR count). The fourth-order valence-corrected chi connectivity index (χ4v) is 2.31. The molecule has 0 bridgehead atoms. The maximum absolute atomic E-state index is 11.6. The fraction of sp³-hybridized carbons (Fsp3) is 0.333. The van der Waals surface area contributed by atoms with Crippen LogP contribution < -0.4 is 4.74 Å². The van der Waals surface area contributed by atoms with E-state index in [2.05, 4.69) is 34.8 Å². The Hall–Kier alpha value is -1.62. The van der Waals surface area contributed by atoms with Crippen LogP contribution in [-0.4, -0.2) is 15.3 Å². The summed E-state index contributed by atoms with van der Waals surface area (Å²) in [6.45, 7) is 6.10. The molecule has 1 heterocycles. The van der Waals surface area contributed by atoms with Crippen LogP contribution in [0.5, 0.6) is 5.75 Å². The van der Waals surface area contributed by atoms with Gasteiger partial charge in [0.05, 0.1) is 23.8 Å². The molecule has 0 aliphatic carbocycles. The van der Waals surface area contributed by atoms with Gasteiger partial charge in [-0.3, -0.25) is 4.79 Å². The predicted molar refractivity (Wildman–Crippen MR) is 81.1 cm³/mol. The highest BCUT2D eigenvalue weighted by molar-refractivity contribution is 9.10. The van der Waals surface area contributed by atoms with Gasteiger partial charge in [0.15, 0.2) is 5.78 Å². The summed E-state index contributed by atoms with van der Waals surface area (Å²) < 4.78 is 8.73. The Kier molecular flexibility index (Phi) is 4.60. The Balaban J connectivity index is 2.20. The van der Waals surface area contributed by atoms with Gasteiger partial charge in [0.25, 0.3) is 0 Å². The highest BCUT2D eigenvalue weighted by atomic mass is 79.9. The van der Waals surface area contributed by atoms with Crippen LogP contribution in [0, 0.1) is 0 Å². The van der Waals surface area contributed by atoms with Crippen LogP contribution in [0.25, 0.3) is 0 Å². The second-order valence-electron chi connectivity index (χ2n) is 4.87. The average molecular weight is 337 g/mol. The Morgan fingerprint density at radius 2 is 2.20 bits per heavy atom. The minimum Gasteiger partial charge on any atom is -0.487 e. The van der Waals surface area contributed by atoms with Gasteiger partial charge < -0.3 is 9.30 Å². The first-order valence-corrected chi connectivity index (χ1v) is 7.22. The number of ether oxygens (including phenoxy) is 1. The normalized spacial score (nSPS) is 10.8. The number of imidazole rings is 1. The highest BCUT2D eigenvalue weighted by Gasteiger charge is 2.11. The molecular formula is C15H17BrN2O2. The molecule has 0 saturated carbocycles. The third-order valence-corrected chi connectivity index (χ3v) is 3.49. The van der Waals surface area contributed by atoms with Gasteiger partial charge in [-0.25, -0.2) is 4.98 Å². The monoisotopic (exact) mass is 336 g/mol. The number of carbonyl (C=O) groups excluding carboxylic acids is 1. The first-order valence-electron chi connectivity index (χ1n) is 6.43. The van der Waals surface area contributed by atoms with E-state index < -0.39 is 0 Å². The molecule has 20 heavy (non-hydrogen) atoms. The fourth-order valence-electron chi connectivity index (χ4n) is 1.97. The molecule has 0 fully saturated rings. The largest absolute Gasteiger partial charge is 0.487 e. The molecule has 0 unspecified atom stereocenters. The summed E-state index contributed by atoms with van der Waals surface area (Å²) in [5.74, 6) is 0.577. The van der Waals surface area contributed by atoms with Gasteiger partial charge >= 0.3 is 0 Å². The summed E-state index contributed by atoms with van der Waals surface area (Å²) in [5, 5.41) is 0. The van der Waals surface area contributed by atoms with Gasteiger partial charge in [-0.2, -0.15) is 0 Å². The van der Waals surface area contributed by atoms with E-state index in [0.717, 1.165) is 10.2 Å². The third-order valence-electron chi connectivity index (χ3n) is 3.00. The van der Waals surface area contributed by atoms with Crippen LogP contribution in [0.2, 0.25) is 0 Å². The van der Waals surface area contributed by atoms with Crippen molar-refractivity contribution in [1.29, 1.82) is 0 Å². The van der Waals surface area contributed by atoms with Crippen LogP contribution in [0.1, 0.15) is 42.9 Å². The van der Waals surface area contributed by atoms with Gasteiger partial charge in [-0.05, 0) is 39.0 Å². The van der Waals surface area contributed by atoms with Crippen LogP contribution in [0.4, 0.5) is 0 Å². The molecule has 5 heteroatoms. The van der Waals surface area contributed by atoms with Gasteiger partial charge in [0.2, 0.25) is 0 Å². The van der Waals surface area contributed by atoms with E-state index in [4.69, 9.17) is 4.74 Å². The zero-order chi connectivity index (χ0) is 14.7. The van der Waals surface area contributed by atoms with Crippen LogP contribution in [-0.2, 0) is 6.61 Å². The summed E-state index contributed by atoms with van der Waals surface area (Å²) in [5.41, 5.74) is 1.57. The van der Waals surface area contributed by atoms with Crippen molar-refractivity contribution < 1.29 is 9.53 Å². The third kappa shape index (κ3) is 3.28. The van der Waals surface area contributed by atoms with Crippen molar-refractivity contribution in [2.24, 2.45) is 0 Å². The smallest absolute Gasteiger partial charge is 0.163 e. The molecule has 1 aromatic carbocycles. The van der Waals surface area contributed by atoms with E-state index in [9.17, 15) is 4.79 Å². The molecule has 0 spiro atoms. The number of ketones is 1. The average Bonchev–Trinajstić information content (AvgIpc) is 2.84. The lowest BCUT2D eigenvalue weighted by Crippen LogP contribution is -2.08. The lowest BCUT2D eigenvalue weighted by molar-refractivity contribution is 0.101. The summed E-state index contributed by atoms with van der Waals surface area (Å²) in [7, 11) is 0. The van der Waals surface area contributed by atoms with E-state index in [1.807, 2.05) is 16.7 Å². The lowest BCUT2D eigenvalue weighted by atomic mass is 10.1. The van der Waals surface area contributed by atoms with Crippen molar-refractivity contribution in [3.05, 3.63) is 46.5 Å². The number of halogens is 1. The van der Waals surface area contributed by atoms with E-state index in [1.54, 1.807) is 18.6 Å². The van der Waals surface area contributed by atoms with Crippen molar-refractivity contribution in [2.75, 3.05) is 0 Å². The molecule has 2 aromatic rings. The van der Waals surface area contributed by atoms with E-state index in [-0.39, 0.29) is 5.78 Å². The molecule has 0 atom stereocenters. The Morgan fingerprint density at radius 1 is 1.45 bits per heavy atom. The number of hydrogen-bond donors (Lipinski definition) is 0. The topological polar surface area (TPSA) is 44.1 Å². The second-order valence-corrected chi connectivity index (χ2v) is 5.79. The number of rotatable bonds is 5. The zero-order valence-corrected chi connectivity index (χ0v) is 13.3. The number of aromatic nitrogens is 2. The summed E-state index contributed by atoms with van der Waals surface area (Å²) in [4.78, 5) is 15.7.